The van der Waals surface area contributed by atoms with Crippen LogP contribution < -0.4 is 5.32 Å². The molecule has 0 bridgehead atoms. The van der Waals surface area contributed by atoms with Gasteiger partial charge in [0.05, 0.1) is 6.10 Å². The Bertz CT molecular complexity index is 367. The van der Waals surface area contributed by atoms with E-state index >= 15 is 0 Å². The predicted octanol–water partition coefficient (Wildman–Crippen LogP) is 2.94. The Morgan fingerprint density at radius 2 is 2.00 bits per heavy atom. The maximum atomic E-state index is 13.1. The van der Waals surface area contributed by atoms with Crippen LogP contribution in [0.15, 0.2) is 18.2 Å². The molecule has 3 atom stereocenters. The van der Waals surface area contributed by atoms with Crippen molar-refractivity contribution in [2.45, 2.75) is 52.3 Å². The van der Waals surface area contributed by atoms with Gasteiger partial charge in [-0.15, -0.1) is 0 Å². The van der Waals surface area contributed by atoms with E-state index in [1.807, 2.05) is 6.92 Å². The molecule has 17 heavy (non-hydrogen) atoms. The largest absolute Gasteiger partial charge is 0.387 e. The zero-order valence-corrected chi connectivity index (χ0v) is 11.0. The van der Waals surface area contributed by atoms with Gasteiger partial charge in [-0.2, -0.15) is 0 Å². The van der Waals surface area contributed by atoms with Crippen LogP contribution in [-0.2, 0) is 0 Å². The molecule has 0 radical (unpaired) electrons. The predicted molar refractivity (Wildman–Crippen MR) is 68.4 cm³/mol. The molecule has 3 unspecified atom stereocenters. The standard InChI is InChI=1S/C14H22FNO/c1-5-10(3)16-11(4)14(17)12-6-7-13(15)9(2)8-12/h6-8,10-11,14,16-17H,5H2,1-4H3. The number of hydrogen-bond donors (Lipinski definition) is 2. The second-order valence-electron chi connectivity index (χ2n) is 4.72. The van der Waals surface area contributed by atoms with Gasteiger partial charge in [-0.3, -0.25) is 0 Å². The number of rotatable bonds is 5. The van der Waals surface area contributed by atoms with E-state index in [4.69, 9.17) is 0 Å². The Kier molecular flexibility index (Phi) is 5.09. The van der Waals surface area contributed by atoms with E-state index in [-0.39, 0.29) is 11.9 Å². The van der Waals surface area contributed by atoms with E-state index in [9.17, 15) is 9.50 Å². The van der Waals surface area contributed by atoms with Gasteiger partial charge in [-0.05, 0) is 44.4 Å². The first-order valence-electron chi connectivity index (χ1n) is 6.15. The maximum Gasteiger partial charge on any atom is 0.126 e. The highest BCUT2D eigenvalue weighted by Crippen LogP contribution is 2.20. The number of aliphatic hydroxyl groups excluding tert-OH is 1. The first-order valence-corrected chi connectivity index (χ1v) is 6.15. The Hall–Kier alpha value is -0.930. The molecule has 0 saturated heterocycles. The maximum absolute atomic E-state index is 13.1. The molecule has 2 N–H and O–H groups in total. The minimum atomic E-state index is -0.608. The zero-order valence-electron chi connectivity index (χ0n) is 11.0. The van der Waals surface area contributed by atoms with Crippen molar-refractivity contribution < 1.29 is 9.50 Å². The number of nitrogens with one attached hydrogen (secondary N) is 1. The molecular formula is C14H22FNO. The molecule has 1 rings (SSSR count). The fourth-order valence-corrected chi connectivity index (χ4v) is 1.80. The topological polar surface area (TPSA) is 32.3 Å². The molecule has 0 aliphatic carbocycles. The van der Waals surface area contributed by atoms with Crippen molar-refractivity contribution in [3.8, 4) is 0 Å². The molecule has 0 aromatic heterocycles. The SMILES string of the molecule is CCC(C)NC(C)C(O)c1ccc(F)c(C)c1. The summed E-state index contributed by atoms with van der Waals surface area (Å²) in [6.07, 6.45) is 0.405. The summed E-state index contributed by atoms with van der Waals surface area (Å²) in [6.45, 7) is 7.83. The molecule has 3 heteroatoms. The van der Waals surface area contributed by atoms with Crippen molar-refractivity contribution in [1.82, 2.24) is 5.32 Å². The van der Waals surface area contributed by atoms with Gasteiger partial charge in [0, 0.05) is 12.1 Å². The molecule has 0 aliphatic heterocycles. The van der Waals surface area contributed by atoms with Gasteiger partial charge in [0.15, 0.2) is 0 Å². The third kappa shape index (κ3) is 3.79. The fraction of sp³-hybridized carbons (Fsp3) is 0.571. The van der Waals surface area contributed by atoms with Gasteiger partial charge in [0.25, 0.3) is 0 Å². The van der Waals surface area contributed by atoms with Crippen LogP contribution in [-0.4, -0.2) is 17.2 Å². The molecule has 0 aliphatic rings. The third-order valence-corrected chi connectivity index (χ3v) is 3.16. The first-order chi connectivity index (χ1) is 7.95. The van der Waals surface area contributed by atoms with Crippen LogP contribution in [0.3, 0.4) is 0 Å². The Morgan fingerprint density at radius 1 is 1.35 bits per heavy atom. The number of aliphatic hydroxyl groups is 1. The molecule has 1 aromatic rings. The lowest BCUT2D eigenvalue weighted by Crippen LogP contribution is -2.38. The molecule has 2 nitrogen and oxygen atoms in total. The second kappa shape index (κ2) is 6.12. The normalized spacial score (nSPS) is 16.6. The summed E-state index contributed by atoms with van der Waals surface area (Å²) in [5, 5.41) is 13.5. The van der Waals surface area contributed by atoms with Gasteiger partial charge in [-0.25, -0.2) is 4.39 Å². The van der Waals surface area contributed by atoms with E-state index in [1.165, 1.54) is 6.07 Å². The van der Waals surface area contributed by atoms with E-state index in [0.717, 1.165) is 12.0 Å². The van der Waals surface area contributed by atoms with Crippen LogP contribution in [0, 0.1) is 12.7 Å². The molecule has 0 saturated carbocycles. The molecule has 0 amide bonds. The summed E-state index contributed by atoms with van der Waals surface area (Å²) in [5.74, 6) is -0.233. The van der Waals surface area contributed by atoms with Crippen molar-refractivity contribution in [2.75, 3.05) is 0 Å². The minimum Gasteiger partial charge on any atom is -0.387 e. The Labute approximate surface area is 103 Å². The minimum absolute atomic E-state index is 0.0465. The van der Waals surface area contributed by atoms with Crippen molar-refractivity contribution in [1.29, 1.82) is 0 Å². The van der Waals surface area contributed by atoms with Gasteiger partial charge < -0.3 is 10.4 Å². The lowest BCUT2D eigenvalue weighted by molar-refractivity contribution is 0.130. The van der Waals surface area contributed by atoms with Crippen LogP contribution in [0.2, 0.25) is 0 Å². The molecule has 0 fully saturated rings. The van der Waals surface area contributed by atoms with Crippen LogP contribution in [0.5, 0.6) is 0 Å². The highest BCUT2D eigenvalue weighted by Gasteiger charge is 2.18. The number of halogens is 1. The highest BCUT2D eigenvalue weighted by molar-refractivity contribution is 5.26. The van der Waals surface area contributed by atoms with Gasteiger partial charge in [-0.1, -0.05) is 19.1 Å². The first kappa shape index (κ1) is 14.1. The monoisotopic (exact) mass is 239 g/mol. The number of aryl methyl sites for hydroxylation is 1. The summed E-state index contributed by atoms with van der Waals surface area (Å²) in [6, 6.07) is 5.07. The quantitative estimate of drug-likeness (QED) is 0.828. The lowest BCUT2D eigenvalue weighted by Gasteiger charge is -2.24. The van der Waals surface area contributed by atoms with Crippen LogP contribution in [0.1, 0.15) is 44.4 Å². The van der Waals surface area contributed by atoms with Gasteiger partial charge in [0.1, 0.15) is 5.82 Å². The van der Waals surface area contributed by atoms with E-state index in [2.05, 4.69) is 19.2 Å². The lowest BCUT2D eigenvalue weighted by atomic mass is 10.0. The van der Waals surface area contributed by atoms with Crippen molar-refractivity contribution in [3.63, 3.8) is 0 Å². The molecular weight excluding hydrogens is 217 g/mol. The Morgan fingerprint density at radius 3 is 2.53 bits per heavy atom. The summed E-state index contributed by atoms with van der Waals surface area (Å²) < 4.78 is 13.1. The molecule has 0 spiro atoms. The third-order valence-electron chi connectivity index (χ3n) is 3.16. The highest BCUT2D eigenvalue weighted by atomic mass is 19.1. The molecule has 96 valence electrons. The van der Waals surface area contributed by atoms with Crippen LogP contribution in [0.4, 0.5) is 4.39 Å². The van der Waals surface area contributed by atoms with Crippen molar-refractivity contribution in [3.05, 3.63) is 35.1 Å². The summed E-state index contributed by atoms with van der Waals surface area (Å²) >= 11 is 0. The Balaban J connectivity index is 2.74. The molecule has 0 heterocycles. The average Bonchev–Trinajstić information content (AvgIpc) is 2.31. The summed E-state index contributed by atoms with van der Waals surface area (Å²) in [4.78, 5) is 0. The van der Waals surface area contributed by atoms with E-state index in [1.54, 1.807) is 19.1 Å². The van der Waals surface area contributed by atoms with Crippen LogP contribution in [0.25, 0.3) is 0 Å². The number of hydrogen-bond acceptors (Lipinski definition) is 2. The van der Waals surface area contributed by atoms with Crippen molar-refractivity contribution in [2.24, 2.45) is 0 Å². The van der Waals surface area contributed by atoms with Crippen molar-refractivity contribution >= 4 is 0 Å². The van der Waals surface area contributed by atoms with E-state index < -0.39 is 6.10 Å². The average molecular weight is 239 g/mol. The van der Waals surface area contributed by atoms with E-state index in [0.29, 0.717) is 11.6 Å². The summed E-state index contributed by atoms with van der Waals surface area (Å²) in [5.41, 5.74) is 1.32. The number of benzene rings is 1. The fourth-order valence-electron chi connectivity index (χ4n) is 1.80. The summed E-state index contributed by atoms with van der Waals surface area (Å²) in [7, 11) is 0. The van der Waals surface area contributed by atoms with Gasteiger partial charge >= 0.3 is 0 Å². The second-order valence-corrected chi connectivity index (χ2v) is 4.72. The van der Waals surface area contributed by atoms with Crippen LogP contribution >= 0.6 is 0 Å². The molecule has 1 aromatic carbocycles. The van der Waals surface area contributed by atoms with Gasteiger partial charge in [0.2, 0.25) is 0 Å². The smallest absolute Gasteiger partial charge is 0.126 e. The zero-order chi connectivity index (χ0) is 13.0.